The number of anilines is 1. The Morgan fingerprint density at radius 3 is 2.30 bits per heavy atom. The number of ether oxygens (including phenoxy) is 2. The Morgan fingerprint density at radius 2 is 1.74 bits per heavy atom. The summed E-state index contributed by atoms with van der Waals surface area (Å²) in [5.41, 5.74) is 1.56. The lowest BCUT2D eigenvalue weighted by Gasteiger charge is -2.16. The second-order valence-electron chi connectivity index (χ2n) is 6.26. The molecule has 0 aromatic heterocycles. The van der Waals surface area contributed by atoms with Crippen LogP contribution in [0.5, 0.6) is 11.5 Å². The van der Waals surface area contributed by atoms with Gasteiger partial charge >= 0.3 is 0 Å². The Bertz CT molecular complexity index is 895. The summed E-state index contributed by atoms with van der Waals surface area (Å²) < 4.78 is 35.8. The van der Waals surface area contributed by atoms with Gasteiger partial charge in [-0.15, -0.1) is 0 Å². The summed E-state index contributed by atoms with van der Waals surface area (Å²) in [7, 11) is -1.77. The van der Waals surface area contributed by atoms with Crippen LogP contribution in [0.4, 0.5) is 5.69 Å². The predicted molar refractivity (Wildman–Crippen MR) is 105 cm³/mol. The molecule has 0 saturated carbocycles. The van der Waals surface area contributed by atoms with Crippen molar-refractivity contribution in [1.82, 2.24) is 5.32 Å². The molecule has 0 fully saturated rings. The van der Waals surface area contributed by atoms with Gasteiger partial charge in [0.25, 0.3) is 5.91 Å². The highest BCUT2D eigenvalue weighted by Crippen LogP contribution is 2.18. The van der Waals surface area contributed by atoms with Gasteiger partial charge in [0.05, 0.1) is 25.1 Å². The van der Waals surface area contributed by atoms with E-state index in [-0.39, 0.29) is 11.9 Å². The zero-order valence-corrected chi connectivity index (χ0v) is 16.6. The summed E-state index contributed by atoms with van der Waals surface area (Å²) in [6.45, 7) is 3.89. The van der Waals surface area contributed by atoms with Gasteiger partial charge in [-0.05, 0) is 61.9 Å². The quantitative estimate of drug-likeness (QED) is 0.720. The number of nitrogens with one attached hydrogen (secondary N) is 2. The maximum atomic E-state index is 12.4. The van der Waals surface area contributed by atoms with Crippen molar-refractivity contribution in [3.8, 4) is 11.5 Å². The normalized spacial score (nSPS) is 12.1. The smallest absolute Gasteiger partial charge is 0.251 e. The van der Waals surface area contributed by atoms with Crippen LogP contribution in [-0.4, -0.2) is 40.3 Å². The fraction of sp³-hybridized carbons (Fsp3) is 0.316. The van der Waals surface area contributed by atoms with E-state index in [0.717, 1.165) is 12.0 Å². The summed E-state index contributed by atoms with van der Waals surface area (Å²) in [4.78, 5) is 12.4. The average molecular weight is 392 g/mol. The highest BCUT2D eigenvalue weighted by atomic mass is 32.2. The van der Waals surface area contributed by atoms with E-state index in [9.17, 15) is 13.2 Å². The first-order valence-corrected chi connectivity index (χ1v) is 10.2. The van der Waals surface area contributed by atoms with E-state index in [2.05, 4.69) is 10.0 Å². The highest BCUT2D eigenvalue weighted by molar-refractivity contribution is 7.92. The lowest BCUT2D eigenvalue weighted by molar-refractivity contribution is 0.0926. The molecule has 1 amide bonds. The van der Waals surface area contributed by atoms with Gasteiger partial charge in [-0.1, -0.05) is 0 Å². The molecule has 0 aliphatic rings. The molecule has 0 aliphatic carbocycles. The molecule has 2 aromatic carbocycles. The molecular weight excluding hydrogens is 368 g/mol. The Balaban J connectivity index is 1.92. The van der Waals surface area contributed by atoms with Crippen molar-refractivity contribution < 1.29 is 22.7 Å². The second-order valence-corrected chi connectivity index (χ2v) is 8.01. The number of carbonyl (C=O) groups is 1. The maximum Gasteiger partial charge on any atom is 0.251 e. The van der Waals surface area contributed by atoms with Crippen molar-refractivity contribution in [3.05, 3.63) is 53.6 Å². The highest BCUT2D eigenvalue weighted by Gasteiger charge is 2.13. The molecule has 8 heteroatoms. The van der Waals surface area contributed by atoms with Crippen molar-refractivity contribution in [2.24, 2.45) is 0 Å². The van der Waals surface area contributed by atoms with Crippen LogP contribution in [0.1, 0.15) is 22.8 Å². The van der Waals surface area contributed by atoms with Gasteiger partial charge in [0.15, 0.2) is 0 Å². The van der Waals surface area contributed by atoms with E-state index in [1.165, 1.54) is 0 Å². The largest absolute Gasteiger partial charge is 0.497 e. The van der Waals surface area contributed by atoms with Crippen molar-refractivity contribution in [1.29, 1.82) is 0 Å². The fourth-order valence-electron chi connectivity index (χ4n) is 2.36. The topological polar surface area (TPSA) is 93.7 Å². The van der Waals surface area contributed by atoms with Crippen LogP contribution in [0.25, 0.3) is 0 Å². The standard InChI is InChI=1S/C19H24N2O5S/c1-13-11-15(5-10-18(13)21-27(4,23)24)19(22)20-14(2)12-26-17-8-6-16(25-3)7-9-17/h5-11,14,21H,12H2,1-4H3,(H,20,22). The Morgan fingerprint density at radius 1 is 1.11 bits per heavy atom. The number of benzene rings is 2. The number of hydrogen-bond donors (Lipinski definition) is 2. The summed E-state index contributed by atoms with van der Waals surface area (Å²) in [5.74, 6) is 1.17. The summed E-state index contributed by atoms with van der Waals surface area (Å²) in [6, 6.07) is 11.8. The molecule has 0 bridgehead atoms. The number of carbonyl (C=O) groups excluding carboxylic acids is 1. The van der Waals surface area contributed by atoms with Crippen LogP contribution in [0.2, 0.25) is 0 Å². The maximum absolute atomic E-state index is 12.4. The molecule has 1 unspecified atom stereocenters. The number of rotatable bonds is 8. The monoisotopic (exact) mass is 392 g/mol. The Labute approximate surface area is 159 Å². The zero-order chi connectivity index (χ0) is 20.0. The minimum Gasteiger partial charge on any atom is -0.497 e. The van der Waals surface area contributed by atoms with Gasteiger partial charge in [-0.25, -0.2) is 8.42 Å². The fourth-order valence-corrected chi connectivity index (χ4v) is 2.99. The second kappa shape index (κ2) is 8.77. The molecule has 1 atom stereocenters. The van der Waals surface area contributed by atoms with Gasteiger partial charge in [0.1, 0.15) is 18.1 Å². The van der Waals surface area contributed by atoms with Crippen LogP contribution in [0.15, 0.2) is 42.5 Å². The third kappa shape index (κ3) is 6.49. The van der Waals surface area contributed by atoms with Gasteiger partial charge in [0, 0.05) is 5.56 Å². The summed E-state index contributed by atoms with van der Waals surface area (Å²) in [6.07, 6.45) is 1.08. The molecule has 2 aromatic rings. The molecule has 0 aliphatic heterocycles. The molecule has 0 saturated heterocycles. The lowest BCUT2D eigenvalue weighted by atomic mass is 10.1. The molecule has 2 N–H and O–H groups in total. The van der Waals surface area contributed by atoms with E-state index in [1.807, 2.05) is 6.92 Å². The lowest BCUT2D eigenvalue weighted by Crippen LogP contribution is -2.36. The predicted octanol–water partition coefficient (Wildman–Crippen LogP) is 2.57. The first-order chi connectivity index (χ1) is 12.7. The van der Waals surface area contributed by atoms with Gasteiger partial charge in [-0.3, -0.25) is 9.52 Å². The molecule has 0 spiro atoms. The summed E-state index contributed by atoms with van der Waals surface area (Å²) in [5, 5.41) is 2.86. The number of aryl methyl sites for hydroxylation is 1. The molecule has 27 heavy (non-hydrogen) atoms. The average Bonchev–Trinajstić information content (AvgIpc) is 2.61. The van der Waals surface area contributed by atoms with Crippen molar-refractivity contribution in [2.75, 3.05) is 24.7 Å². The number of methoxy groups -OCH3 is 1. The van der Waals surface area contributed by atoms with Crippen LogP contribution in [0, 0.1) is 6.92 Å². The summed E-state index contributed by atoms with van der Waals surface area (Å²) >= 11 is 0. The van der Waals surface area contributed by atoms with Crippen molar-refractivity contribution in [2.45, 2.75) is 19.9 Å². The number of hydrogen-bond acceptors (Lipinski definition) is 5. The minimum absolute atomic E-state index is 0.214. The van der Waals surface area contributed by atoms with Crippen LogP contribution < -0.4 is 19.5 Å². The minimum atomic E-state index is -3.36. The first-order valence-electron chi connectivity index (χ1n) is 8.34. The van der Waals surface area contributed by atoms with Crippen LogP contribution in [-0.2, 0) is 10.0 Å². The number of amides is 1. The molecular formula is C19H24N2O5S. The van der Waals surface area contributed by atoms with E-state index < -0.39 is 10.0 Å². The van der Waals surface area contributed by atoms with E-state index in [4.69, 9.17) is 9.47 Å². The number of sulfonamides is 1. The third-order valence-corrected chi connectivity index (χ3v) is 4.31. The molecule has 7 nitrogen and oxygen atoms in total. The Hall–Kier alpha value is -2.74. The van der Waals surface area contributed by atoms with Crippen LogP contribution >= 0.6 is 0 Å². The zero-order valence-electron chi connectivity index (χ0n) is 15.8. The van der Waals surface area contributed by atoms with Gasteiger partial charge < -0.3 is 14.8 Å². The van der Waals surface area contributed by atoms with Crippen molar-refractivity contribution >= 4 is 21.6 Å². The van der Waals surface area contributed by atoms with Crippen LogP contribution in [0.3, 0.4) is 0 Å². The molecule has 146 valence electrons. The molecule has 2 rings (SSSR count). The van der Waals surface area contributed by atoms with Crippen molar-refractivity contribution in [3.63, 3.8) is 0 Å². The van der Waals surface area contributed by atoms with Gasteiger partial charge in [0.2, 0.25) is 10.0 Å². The van der Waals surface area contributed by atoms with E-state index in [0.29, 0.717) is 29.2 Å². The Kier molecular flexibility index (Phi) is 6.68. The molecule has 0 radical (unpaired) electrons. The van der Waals surface area contributed by atoms with Gasteiger partial charge in [-0.2, -0.15) is 0 Å². The van der Waals surface area contributed by atoms with E-state index >= 15 is 0 Å². The third-order valence-electron chi connectivity index (χ3n) is 3.72. The first kappa shape index (κ1) is 20.6. The van der Waals surface area contributed by atoms with E-state index in [1.54, 1.807) is 56.5 Å². The SMILES string of the molecule is COc1ccc(OCC(C)NC(=O)c2ccc(NS(C)(=O)=O)c(C)c2)cc1. The molecule has 0 heterocycles.